The Bertz CT molecular complexity index is 676. The Morgan fingerprint density at radius 3 is 2.32 bits per heavy atom. The predicted molar refractivity (Wildman–Crippen MR) is 82.4 cm³/mol. The maximum Gasteiger partial charge on any atom is 0.324 e. The van der Waals surface area contributed by atoms with Crippen molar-refractivity contribution in [3.05, 3.63) is 65.7 Å². The van der Waals surface area contributed by atoms with Gasteiger partial charge < -0.3 is 9.47 Å². The Morgan fingerprint density at radius 1 is 1.05 bits per heavy atom. The van der Waals surface area contributed by atoms with Gasteiger partial charge in [-0.1, -0.05) is 42.5 Å². The third-order valence-corrected chi connectivity index (χ3v) is 3.54. The zero-order valence-corrected chi connectivity index (χ0v) is 12.5. The molecule has 4 nitrogen and oxygen atoms in total. The van der Waals surface area contributed by atoms with Gasteiger partial charge in [-0.05, 0) is 23.3 Å². The first kappa shape index (κ1) is 15.6. The maximum absolute atomic E-state index is 12.0. The van der Waals surface area contributed by atoms with Crippen LogP contribution in [0.3, 0.4) is 0 Å². The molecule has 0 aliphatic carbocycles. The van der Waals surface area contributed by atoms with Crippen LogP contribution in [0, 0.1) is 17.2 Å². The summed E-state index contributed by atoms with van der Waals surface area (Å²) in [5, 5.41) is 9.47. The SMILES string of the molecule is COC(=O)C(C#N)[C@H](c1ccccc1)c1cccc(OC)c1. The van der Waals surface area contributed by atoms with E-state index in [1.807, 2.05) is 54.6 Å². The molecule has 0 spiro atoms. The van der Waals surface area contributed by atoms with Crippen LogP contribution in [0.25, 0.3) is 0 Å². The van der Waals surface area contributed by atoms with Crippen LogP contribution in [0.5, 0.6) is 5.75 Å². The number of carbonyl (C=O) groups is 1. The molecule has 0 aromatic heterocycles. The molecule has 0 fully saturated rings. The fraction of sp³-hybridized carbons (Fsp3) is 0.222. The third kappa shape index (κ3) is 3.26. The lowest BCUT2D eigenvalue weighted by molar-refractivity contribution is -0.143. The van der Waals surface area contributed by atoms with Crippen LogP contribution in [0.15, 0.2) is 54.6 Å². The van der Waals surface area contributed by atoms with E-state index in [0.29, 0.717) is 5.75 Å². The summed E-state index contributed by atoms with van der Waals surface area (Å²) in [5.74, 6) is -1.19. The minimum atomic E-state index is -0.917. The number of benzene rings is 2. The van der Waals surface area contributed by atoms with Gasteiger partial charge in [-0.15, -0.1) is 0 Å². The molecular weight excluding hydrogens is 278 g/mol. The van der Waals surface area contributed by atoms with Gasteiger partial charge in [0, 0.05) is 5.92 Å². The van der Waals surface area contributed by atoms with Crippen molar-refractivity contribution in [3.8, 4) is 11.8 Å². The molecule has 4 heteroatoms. The van der Waals surface area contributed by atoms with E-state index in [2.05, 4.69) is 6.07 Å². The molecule has 0 aliphatic rings. The Balaban J connectivity index is 2.55. The largest absolute Gasteiger partial charge is 0.497 e. The molecule has 0 N–H and O–H groups in total. The molecule has 2 rings (SSSR count). The molecule has 112 valence electrons. The fourth-order valence-electron chi connectivity index (χ4n) is 2.46. The van der Waals surface area contributed by atoms with Crippen LogP contribution in [0.1, 0.15) is 17.0 Å². The number of hydrogen-bond donors (Lipinski definition) is 0. The first-order valence-corrected chi connectivity index (χ1v) is 6.87. The molecule has 2 aromatic rings. The quantitative estimate of drug-likeness (QED) is 0.795. The Morgan fingerprint density at radius 2 is 1.73 bits per heavy atom. The first-order valence-electron chi connectivity index (χ1n) is 6.87. The smallest absolute Gasteiger partial charge is 0.324 e. The van der Waals surface area contributed by atoms with E-state index in [1.165, 1.54) is 7.11 Å². The first-order chi connectivity index (χ1) is 10.7. The molecule has 2 aromatic carbocycles. The monoisotopic (exact) mass is 295 g/mol. The van der Waals surface area contributed by atoms with Crippen LogP contribution in [-0.4, -0.2) is 20.2 Å². The van der Waals surface area contributed by atoms with Gasteiger partial charge in [-0.25, -0.2) is 0 Å². The highest BCUT2D eigenvalue weighted by Crippen LogP contribution is 2.34. The van der Waals surface area contributed by atoms with Gasteiger partial charge in [0.2, 0.25) is 0 Å². The molecule has 2 atom stereocenters. The summed E-state index contributed by atoms with van der Waals surface area (Å²) in [6.45, 7) is 0. The van der Waals surface area contributed by atoms with Crippen molar-refractivity contribution in [1.29, 1.82) is 5.26 Å². The summed E-state index contributed by atoms with van der Waals surface area (Å²) < 4.78 is 10.0. The highest BCUT2D eigenvalue weighted by Gasteiger charge is 2.32. The van der Waals surface area contributed by atoms with Crippen molar-refractivity contribution >= 4 is 5.97 Å². The fourth-order valence-corrected chi connectivity index (χ4v) is 2.46. The van der Waals surface area contributed by atoms with Gasteiger partial charge in [-0.3, -0.25) is 4.79 Å². The van der Waals surface area contributed by atoms with Crippen molar-refractivity contribution in [3.63, 3.8) is 0 Å². The number of nitriles is 1. The number of nitrogens with zero attached hydrogens (tertiary/aromatic N) is 1. The average molecular weight is 295 g/mol. The number of carbonyl (C=O) groups excluding carboxylic acids is 1. The molecule has 0 radical (unpaired) electrons. The Labute approximate surface area is 129 Å². The van der Waals surface area contributed by atoms with Gasteiger partial charge in [0.25, 0.3) is 0 Å². The van der Waals surface area contributed by atoms with Gasteiger partial charge in [0.1, 0.15) is 5.75 Å². The summed E-state index contributed by atoms with van der Waals surface area (Å²) in [5.41, 5.74) is 1.72. The van der Waals surface area contributed by atoms with Gasteiger partial charge in [0.05, 0.1) is 20.3 Å². The number of esters is 1. The Kier molecular flexibility index (Phi) is 5.16. The molecule has 0 bridgehead atoms. The highest BCUT2D eigenvalue weighted by molar-refractivity contribution is 5.77. The third-order valence-electron chi connectivity index (χ3n) is 3.54. The van der Waals surface area contributed by atoms with Crippen molar-refractivity contribution in [1.82, 2.24) is 0 Å². The second-order valence-electron chi connectivity index (χ2n) is 4.79. The van der Waals surface area contributed by atoms with Crippen LogP contribution in [-0.2, 0) is 9.53 Å². The minimum absolute atomic E-state index is 0.409. The zero-order valence-electron chi connectivity index (χ0n) is 12.5. The van der Waals surface area contributed by atoms with E-state index >= 15 is 0 Å². The van der Waals surface area contributed by atoms with E-state index in [4.69, 9.17) is 9.47 Å². The lowest BCUT2D eigenvalue weighted by Gasteiger charge is -2.21. The minimum Gasteiger partial charge on any atom is -0.497 e. The molecule has 1 unspecified atom stereocenters. The van der Waals surface area contributed by atoms with Crippen molar-refractivity contribution in [2.45, 2.75) is 5.92 Å². The highest BCUT2D eigenvalue weighted by atomic mass is 16.5. The summed E-state index contributed by atoms with van der Waals surface area (Å²) in [4.78, 5) is 12.0. The maximum atomic E-state index is 12.0. The molecule has 0 heterocycles. The molecule has 0 amide bonds. The van der Waals surface area contributed by atoms with E-state index in [-0.39, 0.29) is 0 Å². The molecular formula is C18H17NO3. The lowest BCUT2D eigenvalue weighted by atomic mass is 9.81. The number of methoxy groups -OCH3 is 2. The van der Waals surface area contributed by atoms with Crippen LogP contribution in [0.2, 0.25) is 0 Å². The van der Waals surface area contributed by atoms with E-state index in [0.717, 1.165) is 11.1 Å². The zero-order chi connectivity index (χ0) is 15.9. The van der Waals surface area contributed by atoms with E-state index in [1.54, 1.807) is 7.11 Å². The van der Waals surface area contributed by atoms with Gasteiger partial charge in [0.15, 0.2) is 5.92 Å². The lowest BCUT2D eigenvalue weighted by Crippen LogP contribution is -2.23. The average Bonchev–Trinajstić information content (AvgIpc) is 2.59. The Hall–Kier alpha value is -2.80. The standard InChI is InChI=1S/C18H17NO3/c1-21-15-10-6-9-14(11-15)17(13-7-4-3-5-8-13)16(12-19)18(20)22-2/h3-11,16-17H,1-2H3/t16?,17-/m1/s1. The predicted octanol–water partition coefficient (Wildman–Crippen LogP) is 3.14. The number of rotatable bonds is 5. The van der Waals surface area contributed by atoms with Gasteiger partial charge >= 0.3 is 5.97 Å². The van der Waals surface area contributed by atoms with Crippen LogP contribution < -0.4 is 4.74 Å². The van der Waals surface area contributed by atoms with Gasteiger partial charge in [-0.2, -0.15) is 5.26 Å². The van der Waals surface area contributed by atoms with Crippen molar-refractivity contribution in [2.24, 2.45) is 5.92 Å². The van der Waals surface area contributed by atoms with Crippen molar-refractivity contribution < 1.29 is 14.3 Å². The summed E-state index contributed by atoms with van der Waals surface area (Å²) in [6.07, 6.45) is 0. The van der Waals surface area contributed by atoms with E-state index < -0.39 is 17.8 Å². The van der Waals surface area contributed by atoms with E-state index in [9.17, 15) is 10.1 Å². The van der Waals surface area contributed by atoms with Crippen LogP contribution in [0.4, 0.5) is 0 Å². The molecule has 0 saturated carbocycles. The number of ether oxygens (including phenoxy) is 2. The normalized spacial score (nSPS) is 12.8. The summed E-state index contributed by atoms with van der Waals surface area (Å²) >= 11 is 0. The molecule has 22 heavy (non-hydrogen) atoms. The topological polar surface area (TPSA) is 59.3 Å². The number of hydrogen-bond acceptors (Lipinski definition) is 4. The van der Waals surface area contributed by atoms with Crippen molar-refractivity contribution in [2.75, 3.05) is 14.2 Å². The second-order valence-corrected chi connectivity index (χ2v) is 4.79. The molecule has 0 saturated heterocycles. The van der Waals surface area contributed by atoms with Crippen LogP contribution >= 0.6 is 0 Å². The summed E-state index contributed by atoms with van der Waals surface area (Å²) in [6, 6.07) is 18.9. The molecule has 0 aliphatic heterocycles. The second kappa shape index (κ2) is 7.28. The summed E-state index contributed by atoms with van der Waals surface area (Å²) in [7, 11) is 2.87.